The first-order chi connectivity index (χ1) is 6.65. The van der Waals surface area contributed by atoms with Crippen LogP contribution in [-0.4, -0.2) is 6.54 Å². The number of rotatable bonds is 4. The zero-order valence-corrected chi connectivity index (χ0v) is 8.26. The van der Waals surface area contributed by atoms with E-state index in [2.05, 4.69) is 0 Å². The Bertz CT molecular complexity index is 297. The lowest BCUT2D eigenvalue weighted by Crippen LogP contribution is -2.02. The van der Waals surface area contributed by atoms with Gasteiger partial charge in [-0.1, -0.05) is 12.1 Å². The third-order valence-corrected chi connectivity index (χ3v) is 2.28. The van der Waals surface area contributed by atoms with Gasteiger partial charge in [-0.15, -0.1) is 0 Å². The minimum absolute atomic E-state index is 0.0996. The van der Waals surface area contributed by atoms with Crippen molar-refractivity contribution in [1.82, 2.24) is 0 Å². The average molecular weight is 199 g/mol. The number of halogens is 2. The molecular formula is C11H15F2N. The van der Waals surface area contributed by atoms with E-state index in [0.717, 1.165) is 24.0 Å². The molecule has 1 aromatic rings. The number of benzene rings is 1. The molecule has 0 spiro atoms. The number of alkyl halides is 2. The molecule has 0 aliphatic carbocycles. The molecule has 0 radical (unpaired) electrons. The molecule has 0 aliphatic rings. The molecule has 0 saturated carbocycles. The Labute approximate surface area is 82.9 Å². The normalized spacial score (nSPS) is 10.9. The van der Waals surface area contributed by atoms with E-state index in [0.29, 0.717) is 6.54 Å². The lowest BCUT2D eigenvalue weighted by atomic mass is 10.0. The smallest absolute Gasteiger partial charge is 0.263 e. The van der Waals surface area contributed by atoms with Gasteiger partial charge in [0.15, 0.2) is 0 Å². The summed E-state index contributed by atoms with van der Waals surface area (Å²) in [4.78, 5) is 0. The fourth-order valence-electron chi connectivity index (χ4n) is 1.39. The van der Waals surface area contributed by atoms with Gasteiger partial charge in [0.2, 0.25) is 0 Å². The van der Waals surface area contributed by atoms with Crippen molar-refractivity contribution in [2.24, 2.45) is 5.73 Å². The summed E-state index contributed by atoms with van der Waals surface area (Å²) in [6, 6.07) is 4.80. The van der Waals surface area contributed by atoms with Crippen molar-refractivity contribution in [3.8, 4) is 0 Å². The molecule has 0 saturated heterocycles. The molecule has 0 fully saturated rings. The van der Waals surface area contributed by atoms with Crippen molar-refractivity contribution < 1.29 is 8.78 Å². The van der Waals surface area contributed by atoms with Crippen LogP contribution in [0.3, 0.4) is 0 Å². The molecule has 1 aromatic carbocycles. The first kappa shape index (κ1) is 11.1. The van der Waals surface area contributed by atoms with Crippen molar-refractivity contribution in [1.29, 1.82) is 0 Å². The zero-order valence-electron chi connectivity index (χ0n) is 8.26. The summed E-state index contributed by atoms with van der Waals surface area (Å²) in [5.74, 6) is 0. The Morgan fingerprint density at radius 2 is 2.07 bits per heavy atom. The van der Waals surface area contributed by atoms with Crippen molar-refractivity contribution in [3.05, 3.63) is 34.9 Å². The quantitative estimate of drug-likeness (QED) is 0.792. The second kappa shape index (κ2) is 5.05. The Balaban J connectivity index is 2.85. The SMILES string of the molecule is Cc1ccc(C(F)F)cc1CCCN. The molecule has 0 amide bonds. The first-order valence-electron chi connectivity index (χ1n) is 4.72. The molecule has 0 heterocycles. The third-order valence-electron chi connectivity index (χ3n) is 2.28. The minimum Gasteiger partial charge on any atom is -0.330 e. The lowest BCUT2D eigenvalue weighted by Gasteiger charge is -2.07. The fraction of sp³-hybridized carbons (Fsp3) is 0.455. The van der Waals surface area contributed by atoms with Crippen LogP contribution in [0.4, 0.5) is 8.78 Å². The van der Waals surface area contributed by atoms with E-state index in [9.17, 15) is 8.78 Å². The summed E-state index contributed by atoms with van der Waals surface area (Å²) in [7, 11) is 0. The van der Waals surface area contributed by atoms with Crippen LogP contribution in [0.25, 0.3) is 0 Å². The van der Waals surface area contributed by atoms with Crippen LogP contribution in [-0.2, 0) is 6.42 Å². The van der Waals surface area contributed by atoms with Crippen LogP contribution >= 0.6 is 0 Å². The van der Waals surface area contributed by atoms with Gasteiger partial charge in [-0.25, -0.2) is 8.78 Å². The van der Waals surface area contributed by atoms with Crippen LogP contribution in [0, 0.1) is 6.92 Å². The van der Waals surface area contributed by atoms with E-state index < -0.39 is 6.43 Å². The van der Waals surface area contributed by atoms with E-state index in [4.69, 9.17) is 5.73 Å². The highest BCUT2D eigenvalue weighted by Gasteiger charge is 2.08. The number of hydrogen-bond acceptors (Lipinski definition) is 1. The molecule has 3 heteroatoms. The predicted molar refractivity (Wildman–Crippen MR) is 53.5 cm³/mol. The highest BCUT2D eigenvalue weighted by molar-refractivity contribution is 5.31. The van der Waals surface area contributed by atoms with Gasteiger partial charge in [0, 0.05) is 5.56 Å². The molecule has 1 rings (SSSR count). The Kier molecular flexibility index (Phi) is 4.01. The molecule has 14 heavy (non-hydrogen) atoms. The van der Waals surface area contributed by atoms with Crippen LogP contribution in [0.1, 0.15) is 29.5 Å². The maximum absolute atomic E-state index is 12.4. The predicted octanol–water partition coefficient (Wildman–Crippen LogP) is 2.82. The molecule has 1 nitrogen and oxygen atoms in total. The summed E-state index contributed by atoms with van der Waals surface area (Å²) in [5.41, 5.74) is 7.51. The molecule has 0 unspecified atom stereocenters. The van der Waals surface area contributed by atoms with E-state index in [-0.39, 0.29) is 5.56 Å². The summed E-state index contributed by atoms with van der Waals surface area (Å²) in [6.45, 7) is 2.53. The fourth-order valence-corrected chi connectivity index (χ4v) is 1.39. The van der Waals surface area contributed by atoms with Crippen LogP contribution in [0.15, 0.2) is 18.2 Å². The molecule has 2 N–H and O–H groups in total. The molecule has 0 bridgehead atoms. The Morgan fingerprint density at radius 1 is 1.36 bits per heavy atom. The average Bonchev–Trinajstić information content (AvgIpc) is 2.16. The topological polar surface area (TPSA) is 26.0 Å². The maximum atomic E-state index is 12.4. The number of nitrogens with two attached hydrogens (primary N) is 1. The van der Waals surface area contributed by atoms with Crippen LogP contribution in [0.5, 0.6) is 0 Å². The van der Waals surface area contributed by atoms with E-state index >= 15 is 0 Å². The van der Waals surface area contributed by atoms with Gasteiger partial charge in [0.05, 0.1) is 0 Å². The standard InChI is InChI=1S/C11H15F2N/c1-8-4-5-10(11(12)13)7-9(8)3-2-6-14/h4-5,7,11H,2-3,6,14H2,1H3. The minimum atomic E-state index is -2.38. The largest absolute Gasteiger partial charge is 0.330 e. The van der Waals surface area contributed by atoms with Crippen LogP contribution < -0.4 is 5.73 Å². The highest BCUT2D eigenvalue weighted by atomic mass is 19.3. The van der Waals surface area contributed by atoms with Gasteiger partial charge in [0.1, 0.15) is 0 Å². The second-order valence-electron chi connectivity index (χ2n) is 3.38. The van der Waals surface area contributed by atoms with Crippen molar-refractivity contribution in [2.45, 2.75) is 26.2 Å². The monoisotopic (exact) mass is 199 g/mol. The molecule has 0 aliphatic heterocycles. The van der Waals surface area contributed by atoms with Crippen molar-refractivity contribution in [2.75, 3.05) is 6.54 Å². The summed E-state index contributed by atoms with van der Waals surface area (Å²) in [5, 5.41) is 0. The first-order valence-corrected chi connectivity index (χ1v) is 4.72. The van der Waals surface area contributed by atoms with Gasteiger partial charge in [0.25, 0.3) is 6.43 Å². The van der Waals surface area contributed by atoms with Crippen LogP contribution in [0.2, 0.25) is 0 Å². The summed E-state index contributed by atoms with van der Waals surface area (Å²) < 4.78 is 24.8. The number of hydrogen-bond donors (Lipinski definition) is 1. The summed E-state index contributed by atoms with van der Waals surface area (Å²) >= 11 is 0. The lowest BCUT2D eigenvalue weighted by molar-refractivity contribution is 0.151. The zero-order chi connectivity index (χ0) is 10.6. The van der Waals surface area contributed by atoms with E-state index in [1.165, 1.54) is 6.07 Å². The van der Waals surface area contributed by atoms with E-state index in [1.807, 2.05) is 6.92 Å². The van der Waals surface area contributed by atoms with Gasteiger partial charge in [-0.3, -0.25) is 0 Å². The molecule has 0 aromatic heterocycles. The maximum Gasteiger partial charge on any atom is 0.263 e. The highest BCUT2D eigenvalue weighted by Crippen LogP contribution is 2.22. The third kappa shape index (κ3) is 2.77. The van der Waals surface area contributed by atoms with Gasteiger partial charge in [-0.2, -0.15) is 0 Å². The molecule has 78 valence electrons. The van der Waals surface area contributed by atoms with Crippen molar-refractivity contribution >= 4 is 0 Å². The number of aryl methyl sites for hydroxylation is 2. The van der Waals surface area contributed by atoms with E-state index in [1.54, 1.807) is 12.1 Å². The van der Waals surface area contributed by atoms with Gasteiger partial charge in [-0.05, 0) is 43.5 Å². The summed E-state index contributed by atoms with van der Waals surface area (Å²) in [6.07, 6.45) is -0.761. The van der Waals surface area contributed by atoms with Gasteiger partial charge >= 0.3 is 0 Å². The second-order valence-corrected chi connectivity index (χ2v) is 3.38. The molecule has 0 atom stereocenters. The van der Waals surface area contributed by atoms with Gasteiger partial charge < -0.3 is 5.73 Å². The Morgan fingerprint density at radius 3 is 2.64 bits per heavy atom. The molecular weight excluding hydrogens is 184 g/mol. The Hall–Kier alpha value is -0.960. The van der Waals surface area contributed by atoms with Crippen molar-refractivity contribution in [3.63, 3.8) is 0 Å².